The Morgan fingerprint density at radius 3 is 2.46 bits per heavy atom. The number of esters is 1. The molecule has 0 unspecified atom stereocenters. The van der Waals surface area contributed by atoms with E-state index in [-0.39, 0.29) is 18.4 Å². The topological polar surface area (TPSA) is 51.5 Å². The summed E-state index contributed by atoms with van der Waals surface area (Å²) < 4.78 is 7.16. The zero-order valence-electron chi connectivity index (χ0n) is 17.1. The summed E-state index contributed by atoms with van der Waals surface area (Å²) >= 11 is 0. The predicted molar refractivity (Wildman–Crippen MR) is 110 cm³/mol. The van der Waals surface area contributed by atoms with Gasteiger partial charge in [-0.2, -0.15) is 0 Å². The van der Waals surface area contributed by atoms with Crippen molar-refractivity contribution < 1.29 is 14.3 Å². The molecule has 0 atom stereocenters. The molecule has 1 fully saturated rings. The molecule has 1 aliphatic rings. The fourth-order valence-corrected chi connectivity index (χ4v) is 4.03. The summed E-state index contributed by atoms with van der Waals surface area (Å²) in [6, 6.07) is 12.0. The molecule has 0 saturated heterocycles. The normalized spacial score (nSPS) is 14.7. The maximum Gasteiger partial charge on any atom is 0.339 e. The molecule has 5 heteroatoms. The molecule has 1 aromatic carbocycles. The van der Waals surface area contributed by atoms with Crippen molar-refractivity contribution in [2.24, 2.45) is 0 Å². The van der Waals surface area contributed by atoms with Crippen LogP contribution in [0.25, 0.3) is 11.3 Å². The van der Waals surface area contributed by atoms with Crippen molar-refractivity contribution in [3.8, 4) is 11.3 Å². The van der Waals surface area contributed by atoms with Gasteiger partial charge < -0.3 is 14.2 Å². The van der Waals surface area contributed by atoms with Crippen LogP contribution in [-0.2, 0) is 16.1 Å². The van der Waals surface area contributed by atoms with E-state index in [4.69, 9.17) is 4.74 Å². The van der Waals surface area contributed by atoms with Crippen molar-refractivity contribution in [2.75, 3.05) is 13.7 Å². The summed E-state index contributed by atoms with van der Waals surface area (Å²) in [6.45, 7) is 4.23. The zero-order chi connectivity index (χ0) is 20.1. The highest BCUT2D eigenvalue weighted by atomic mass is 16.5. The van der Waals surface area contributed by atoms with E-state index in [2.05, 4.69) is 0 Å². The number of ether oxygens (including phenoxy) is 1. The van der Waals surface area contributed by atoms with Gasteiger partial charge in [0.05, 0.1) is 12.2 Å². The van der Waals surface area contributed by atoms with E-state index in [0.717, 1.165) is 29.8 Å². The van der Waals surface area contributed by atoms with Crippen molar-refractivity contribution in [1.82, 2.24) is 9.47 Å². The molecule has 0 spiro atoms. The quantitative estimate of drug-likeness (QED) is 0.695. The Labute approximate surface area is 167 Å². The van der Waals surface area contributed by atoms with Gasteiger partial charge in [0.25, 0.3) is 0 Å². The van der Waals surface area contributed by atoms with Gasteiger partial charge in [0.2, 0.25) is 5.91 Å². The molecule has 5 nitrogen and oxygen atoms in total. The predicted octanol–water partition coefficient (Wildman–Crippen LogP) is 4.43. The first-order valence-corrected chi connectivity index (χ1v) is 10.2. The van der Waals surface area contributed by atoms with Gasteiger partial charge in [0.15, 0.2) is 0 Å². The smallest absolute Gasteiger partial charge is 0.339 e. The van der Waals surface area contributed by atoms with Crippen molar-refractivity contribution in [2.45, 2.75) is 58.5 Å². The highest BCUT2D eigenvalue weighted by Crippen LogP contribution is 2.27. The maximum atomic E-state index is 13.0. The Bertz CT molecular complexity index is 820. The van der Waals surface area contributed by atoms with E-state index in [1.807, 2.05) is 59.8 Å². The number of carbonyl (C=O) groups excluding carboxylic acids is 2. The van der Waals surface area contributed by atoms with Crippen LogP contribution in [0.15, 0.2) is 36.4 Å². The molecule has 2 aromatic rings. The van der Waals surface area contributed by atoms with Crippen LogP contribution < -0.4 is 0 Å². The minimum Gasteiger partial charge on any atom is -0.462 e. The Morgan fingerprint density at radius 2 is 1.82 bits per heavy atom. The molecule has 0 bridgehead atoms. The van der Waals surface area contributed by atoms with E-state index in [1.165, 1.54) is 19.3 Å². The number of rotatable bonds is 6. The lowest BCUT2D eigenvalue weighted by Crippen LogP contribution is -2.40. The Hall–Kier alpha value is -2.56. The monoisotopic (exact) mass is 382 g/mol. The number of likely N-dealkylation sites (N-methyl/N-ethyl adjacent to an activating group) is 1. The lowest BCUT2D eigenvalue weighted by Gasteiger charge is -2.31. The standard InChI is InChI=1S/C23H30N2O3/c1-4-28-23(27)20-15-21(18-11-7-5-8-12-18)25(17(20)2)16-22(26)24(3)19-13-9-6-10-14-19/h5,7-8,11-12,15,19H,4,6,9-10,13-14,16H2,1-3H3. The minimum atomic E-state index is -0.344. The number of hydrogen-bond acceptors (Lipinski definition) is 3. The molecular weight excluding hydrogens is 352 g/mol. The van der Waals surface area contributed by atoms with Gasteiger partial charge in [-0.3, -0.25) is 4.79 Å². The Morgan fingerprint density at radius 1 is 1.14 bits per heavy atom. The van der Waals surface area contributed by atoms with Gasteiger partial charge in [0.1, 0.15) is 6.54 Å². The fraction of sp³-hybridized carbons (Fsp3) is 0.478. The number of hydrogen-bond donors (Lipinski definition) is 0. The molecular formula is C23H30N2O3. The number of benzene rings is 1. The van der Waals surface area contributed by atoms with Crippen LogP contribution in [0.1, 0.15) is 55.1 Å². The number of aromatic nitrogens is 1. The van der Waals surface area contributed by atoms with Crippen molar-refractivity contribution >= 4 is 11.9 Å². The molecule has 0 aliphatic heterocycles. The fourth-order valence-electron chi connectivity index (χ4n) is 4.03. The summed E-state index contributed by atoms with van der Waals surface area (Å²) in [4.78, 5) is 27.3. The number of carbonyl (C=O) groups is 2. The average molecular weight is 383 g/mol. The Kier molecular flexibility index (Phi) is 6.55. The van der Waals surface area contributed by atoms with Crippen LogP contribution in [-0.4, -0.2) is 41.0 Å². The molecule has 150 valence electrons. The van der Waals surface area contributed by atoms with Crippen LogP contribution in [0.3, 0.4) is 0 Å². The number of nitrogens with zero attached hydrogens (tertiary/aromatic N) is 2. The third kappa shape index (κ3) is 4.29. The summed E-state index contributed by atoms with van der Waals surface area (Å²) in [7, 11) is 1.91. The van der Waals surface area contributed by atoms with Crippen LogP contribution in [0.5, 0.6) is 0 Å². The lowest BCUT2D eigenvalue weighted by molar-refractivity contribution is -0.133. The maximum absolute atomic E-state index is 13.0. The van der Waals surface area contributed by atoms with E-state index >= 15 is 0 Å². The highest BCUT2D eigenvalue weighted by Gasteiger charge is 2.25. The summed E-state index contributed by atoms with van der Waals surface area (Å²) in [5, 5.41) is 0. The highest BCUT2D eigenvalue weighted by molar-refractivity contribution is 5.93. The lowest BCUT2D eigenvalue weighted by atomic mass is 9.94. The SMILES string of the molecule is CCOC(=O)c1cc(-c2ccccc2)n(CC(=O)N(C)C2CCCCC2)c1C. The molecule has 0 radical (unpaired) electrons. The van der Waals surface area contributed by atoms with Gasteiger partial charge in [-0.05, 0) is 38.3 Å². The first-order valence-electron chi connectivity index (χ1n) is 10.2. The third-order valence-electron chi connectivity index (χ3n) is 5.74. The molecule has 1 heterocycles. The molecule has 1 aromatic heterocycles. The van der Waals surface area contributed by atoms with Crippen molar-refractivity contribution in [3.05, 3.63) is 47.7 Å². The van der Waals surface area contributed by atoms with Gasteiger partial charge in [-0.25, -0.2) is 4.79 Å². The molecule has 0 N–H and O–H groups in total. The molecule has 1 saturated carbocycles. The average Bonchev–Trinajstić information content (AvgIpc) is 3.05. The Balaban J connectivity index is 1.91. The van der Waals surface area contributed by atoms with E-state index in [0.29, 0.717) is 18.2 Å². The second-order valence-corrected chi connectivity index (χ2v) is 7.50. The van der Waals surface area contributed by atoms with Crippen LogP contribution >= 0.6 is 0 Å². The van der Waals surface area contributed by atoms with E-state index in [1.54, 1.807) is 6.92 Å². The van der Waals surface area contributed by atoms with Crippen molar-refractivity contribution in [3.63, 3.8) is 0 Å². The second kappa shape index (κ2) is 9.09. The summed E-state index contributed by atoms with van der Waals surface area (Å²) in [5.74, 6) is -0.262. The summed E-state index contributed by atoms with van der Waals surface area (Å²) in [5.41, 5.74) is 3.14. The van der Waals surface area contributed by atoms with Crippen LogP contribution in [0.4, 0.5) is 0 Å². The molecule has 3 rings (SSSR count). The number of amides is 1. The molecule has 1 amide bonds. The first kappa shape index (κ1) is 20.2. The largest absolute Gasteiger partial charge is 0.462 e. The van der Waals surface area contributed by atoms with Crippen molar-refractivity contribution in [1.29, 1.82) is 0 Å². The van der Waals surface area contributed by atoms with Crippen LogP contribution in [0, 0.1) is 6.92 Å². The van der Waals surface area contributed by atoms with E-state index in [9.17, 15) is 9.59 Å². The third-order valence-corrected chi connectivity index (χ3v) is 5.74. The zero-order valence-corrected chi connectivity index (χ0v) is 17.1. The first-order chi connectivity index (χ1) is 13.5. The summed E-state index contributed by atoms with van der Waals surface area (Å²) in [6.07, 6.45) is 5.79. The molecule has 1 aliphatic carbocycles. The van der Waals surface area contributed by atoms with Gasteiger partial charge in [0, 0.05) is 24.5 Å². The minimum absolute atomic E-state index is 0.0817. The van der Waals surface area contributed by atoms with Crippen LogP contribution in [0.2, 0.25) is 0 Å². The second-order valence-electron chi connectivity index (χ2n) is 7.50. The van der Waals surface area contributed by atoms with Gasteiger partial charge >= 0.3 is 5.97 Å². The van der Waals surface area contributed by atoms with Gasteiger partial charge in [-0.15, -0.1) is 0 Å². The van der Waals surface area contributed by atoms with E-state index < -0.39 is 0 Å². The van der Waals surface area contributed by atoms with Gasteiger partial charge in [-0.1, -0.05) is 49.6 Å². The molecule has 28 heavy (non-hydrogen) atoms.